The summed E-state index contributed by atoms with van der Waals surface area (Å²) < 4.78 is 1.69. The highest BCUT2D eigenvalue weighted by Crippen LogP contribution is 2.27. The average Bonchev–Trinajstić information content (AvgIpc) is 3.17. The van der Waals surface area contributed by atoms with E-state index in [1.54, 1.807) is 11.0 Å². The molecule has 0 saturated carbocycles. The van der Waals surface area contributed by atoms with Crippen LogP contribution in [0.2, 0.25) is 0 Å². The van der Waals surface area contributed by atoms with Gasteiger partial charge in [-0.05, 0) is 56.4 Å². The summed E-state index contributed by atoms with van der Waals surface area (Å²) in [7, 11) is 0. The highest BCUT2D eigenvalue weighted by Gasteiger charge is 2.34. The number of rotatable bonds is 3. The molecular formula is C17H22ClN5O. The maximum absolute atomic E-state index is 12.6. The maximum atomic E-state index is 12.6. The van der Waals surface area contributed by atoms with Crippen molar-refractivity contribution in [1.29, 1.82) is 0 Å². The zero-order valence-corrected chi connectivity index (χ0v) is 14.4. The molecule has 6 nitrogen and oxygen atoms in total. The average molecular weight is 348 g/mol. The topological polar surface area (TPSA) is 71.8 Å². The summed E-state index contributed by atoms with van der Waals surface area (Å²) in [6.07, 6.45) is 7.71. The molecule has 2 aromatic rings. The first-order valence-electron chi connectivity index (χ1n) is 8.21. The quantitative estimate of drug-likeness (QED) is 0.891. The third-order valence-corrected chi connectivity index (χ3v) is 4.95. The van der Waals surface area contributed by atoms with Crippen LogP contribution in [0.3, 0.4) is 0 Å². The predicted molar refractivity (Wildman–Crippen MR) is 93.8 cm³/mol. The maximum Gasteiger partial charge on any atom is 0.251 e. The van der Waals surface area contributed by atoms with Crippen LogP contribution < -0.4 is 10.6 Å². The molecule has 24 heavy (non-hydrogen) atoms. The van der Waals surface area contributed by atoms with E-state index in [-0.39, 0.29) is 24.4 Å². The molecule has 2 saturated heterocycles. The molecule has 2 aliphatic heterocycles. The SMILES string of the molecule is Cc1cc(-n2cncn2)ccc1C(=O)NC1CC2CCC(C1)N2.Cl. The van der Waals surface area contributed by atoms with E-state index in [1.165, 1.54) is 19.2 Å². The zero-order chi connectivity index (χ0) is 15.8. The number of amides is 1. The van der Waals surface area contributed by atoms with Gasteiger partial charge in [-0.15, -0.1) is 12.4 Å². The summed E-state index contributed by atoms with van der Waals surface area (Å²) >= 11 is 0. The molecule has 1 aromatic carbocycles. The van der Waals surface area contributed by atoms with Gasteiger partial charge in [-0.25, -0.2) is 9.67 Å². The lowest BCUT2D eigenvalue weighted by atomic mass is 9.99. The number of hydrogen-bond donors (Lipinski definition) is 2. The molecule has 2 unspecified atom stereocenters. The van der Waals surface area contributed by atoms with Crippen LogP contribution in [0, 0.1) is 6.92 Å². The molecule has 128 valence electrons. The van der Waals surface area contributed by atoms with Crippen LogP contribution in [0.25, 0.3) is 5.69 Å². The smallest absolute Gasteiger partial charge is 0.251 e. The molecule has 2 bridgehead atoms. The van der Waals surface area contributed by atoms with Gasteiger partial charge in [-0.1, -0.05) is 0 Å². The van der Waals surface area contributed by atoms with Gasteiger partial charge in [-0.3, -0.25) is 4.79 Å². The largest absolute Gasteiger partial charge is 0.349 e. The first-order chi connectivity index (χ1) is 11.2. The second-order valence-corrected chi connectivity index (χ2v) is 6.62. The van der Waals surface area contributed by atoms with E-state index >= 15 is 0 Å². The Bertz CT molecular complexity index is 706. The zero-order valence-electron chi connectivity index (χ0n) is 13.6. The number of benzene rings is 1. The van der Waals surface area contributed by atoms with Crippen LogP contribution >= 0.6 is 12.4 Å². The van der Waals surface area contributed by atoms with Crippen molar-refractivity contribution in [2.24, 2.45) is 0 Å². The Morgan fingerprint density at radius 1 is 1.29 bits per heavy atom. The minimum atomic E-state index is 0. The Hall–Kier alpha value is -1.92. The van der Waals surface area contributed by atoms with Gasteiger partial charge in [0.1, 0.15) is 12.7 Å². The Balaban J connectivity index is 0.00000169. The lowest BCUT2D eigenvalue weighted by Gasteiger charge is -2.29. The molecule has 1 aromatic heterocycles. The normalized spacial score (nSPS) is 25.1. The first-order valence-corrected chi connectivity index (χ1v) is 8.21. The third-order valence-electron chi connectivity index (χ3n) is 4.95. The number of piperidine rings is 1. The summed E-state index contributed by atoms with van der Waals surface area (Å²) in [5.74, 6) is 0.0268. The molecule has 1 amide bonds. The highest BCUT2D eigenvalue weighted by atomic mass is 35.5. The Kier molecular flexibility index (Phi) is 4.87. The lowest BCUT2D eigenvalue weighted by Crippen LogP contribution is -2.48. The predicted octanol–water partition coefficient (Wildman–Crippen LogP) is 2.01. The standard InChI is InChI=1S/C17H21N5O.ClH/c1-11-6-15(22-10-18-9-19-22)4-5-16(11)17(23)21-14-7-12-2-3-13(8-14)20-12;/h4-6,9-10,12-14,20H,2-3,7-8H2,1H3,(H,21,23);1H. The van der Waals surface area contributed by atoms with Gasteiger partial charge in [-0.2, -0.15) is 5.10 Å². The second kappa shape index (κ2) is 6.91. The van der Waals surface area contributed by atoms with Gasteiger partial charge in [0.2, 0.25) is 0 Å². The van der Waals surface area contributed by atoms with E-state index in [0.29, 0.717) is 12.1 Å². The summed E-state index contributed by atoms with van der Waals surface area (Å²) in [5.41, 5.74) is 2.60. The number of hydrogen-bond acceptors (Lipinski definition) is 4. The monoisotopic (exact) mass is 347 g/mol. The van der Waals surface area contributed by atoms with Crippen molar-refractivity contribution in [3.8, 4) is 5.69 Å². The van der Waals surface area contributed by atoms with Gasteiger partial charge >= 0.3 is 0 Å². The van der Waals surface area contributed by atoms with Crippen molar-refractivity contribution in [2.45, 2.75) is 50.7 Å². The summed E-state index contributed by atoms with van der Waals surface area (Å²) in [4.78, 5) is 16.5. The molecule has 3 heterocycles. The number of fused-ring (bicyclic) bond motifs is 2. The van der Waals surface area contributed by atoms with Crippen LogP contribution in [0.1, 0.15) is 41.6 Å². The van der Waals surface area contributed by atoms with Gasteiger partial charge in [0.25, 0.3) is 5.91 Å². The van der Waals surface area contributed by atoms with E-state index < -0.39 is 0 Å². The van der Waals surface area contributed by atoms with Crippen LogP contribution in [-0.2, 0) is 0 Å². The molecule has 0 radical (unpaired) electrons. The first kappa shape index (κ1) is 16.9. The van der Waals surface area contributed by atoms with E-state index in [1.807, 2.05) is 25.1 Å². The summed E-state index contributed by atoms with van der Waals surface area (Å²) in [5, 5.41) is 10.9. The minimum Gasteiger partial charge on any atom is -0.349 e. The number of carbonyl (C=O) groups excluding carboxylic acids is 1. The van der Waals surface area contributed by atoms with Crippen molar-refractivity contribution in [1.82, 2.24) is 25.4 Å². The van der Waals surface area contributed by atoms with Gasteiger partial charge in [0, 0.05) is 23.7 Å². The van der Waals surface area contributed by atoms with E-state index in [2.05, 4.69) is 20.7 Å². The fourth-order valence-electron chi connectivity index (χ4n) is 3.82. The molecule has 2 fully saturated rings. The van der Waals surface area contributed by atoms with Crippen LogP contribution in [-0.4, -0.2) is 38.8 Å². The van der Waals surface area contributed by atoms with Gasteiger partial charge in [0.05, 0.1) is 5.69 Å². The number of aryl methyl sites for hydroxylation is 1. The number of carbonyl (C=O) groups is 1. The molecule has 2 N–H and O–H groups in total. The van der Waals surface area contributed by atoms with Crippen molar-refractivity contribution in [2.75, 3.05) is 0 Å². The van der Waals surface area contributed by atoms with Crippen molar-refractivity contribution in [3.63, 3.8) is 0 Å². The van der Waals surface area contributed by atoms with Crippen LogP contribution in [0.5, 0.6) is 0 Å². The van der Waals surface area contributed by atoms with E-state index in [9.17, 15) is 4.79 Å². The third kappa shape index (κ3) is 3.30. The minimum absolute atomic E-state index is 0. The number of aromatic nitrogens is 3. The molecule has 4 rings (SSSR count). The Morgan fingerprint density at radius 3 is 2.67 bits per heavy atom. The molecule has 2 aliphatic rings. The Labute approximate surface area is 147 Å². The number of halogens is 1. The molecular weight excluding hydrogens is 326 g/mol. The number of nitrogens with one attached hydrogen (secondary N) is 2. The Morgan fingerprint density at radius 2 is 2.04 bits per heavy atom. The molecule has 0 spiro atoms. The molecule has 2 atom stereocenters. The fourth-order valence-corrected chi connectivity index (χ4v) is 3.82. The molecule has 0 aliphatic carbocycles. The van der Waals surface area contributed by atoms with Crippen LogP contribution in [0.15, 0.2) is 30.9 Å². The molecule has 7 heteroatoms. The van der Waals surface area contributed by atoms with Gasteiger partial charge < -0.3 is 10.6 Å². The van der Waals surface area contributed by atoms with E-state index in [0.717, 1.165) is 29.7 Å². The lowest BCUT2D eigenvalue weighted by molar-refractivity contribution is 0.0923. The summed E-state index contributed by atoms with van der Waals surface area (Å²) in [6, 6.07) is 7.19. The highest BCUT2D eigenvalue weighted by molar-refractivity contribution is 5.96. The van der Waals surface area contributed by atoms with Crippen molar-refractivity contribution >= 4 is 18.3 Å². The van der Waals surface area contributed by atoms with Crippen molar-refractivity contribution < 1.29 is 4.79 Å². The summed E-state index contributed by atoms with van der Waals surface area (Å²) in [6.45, 7) is 1.96. The van der Waals surface area contributed by atoms with Crippen LogP contribution in [0.4, 0.5) is 0 Å². The number of nitrogens with zero attached hydrogens (tertiary/aromatic N) is 3. The fraction of sp³-hybridized carbons (Fsp3) is 0.471. The van der Waals surface area contributed by atoms with E-state index in [4.69, 9.17) is 0 Å². The second-order valence-electron chi connectivity index (χ2n) is 6.62. The van der Waals surface area contributed by atoms with Crippen molar-refractivity contribution in [3.05, 3.63) is 42.0 Å². The van der Waals surface area contributed by atoms with Gasteiger partial charge in [0.15, 0.2) is 0 Å².